The lowest BCUT2D eigenvalue weighted by atomic mass is 10.3. The molecular formula is C14H15N7O. The minimum Gasteiger partial charge on any atom is -0.338 e. The maximum absolute atomic E-state index is 12.4. The molecule has 0 aliphatic rings. The van der Waals surface area contributed by atoms with Gasteiger partial charge in [0, 0.05) is 25.5 Å². The summed E-state index contributed by atoms with van der Waals surface area (Å²) >= 11 is 0. The van der Waals surface area contributed by atoms with E-state index in [1.54, 1.807) is 35.5 Å². The van der Waals surface area contributed by atoms with Crippen LogP contribution in [0.15, 0.2) is 30.6 Å². The first-order valence-electron chi connectivity index (χ1n) is 7.03. The summed E-state index contributed by atoms with van der Waals surface area (Å²) in [6.45, 7) is 5.13. The molecule has 0 aliphatic carbocycles. The van der Waals surface area contributed by atoms with E-state index < -0.39 is 0 Å². The smallest absolute Gasteiger partial charge is 0.274 e. The van der Waals surface area contributed by atoms with Crippen molar-refractivity contribution in [1.82, 2.24) is 34.7 Å². The van der Waals surface area contributed by atoms with E-state index >= 15 is 0 Å². The quantitative estimate of drug-likeness (QED) is 0.715. The summed E-state index contributed by atoms with van der Waals surface area (Å²) in [5, 5.41) is 12.4. The fourth-order valence-corrected chi connectivity index (χ4v) is 2.13. The van der Waals surface area contributed by atoms with Crippen LogP contribution in [0.3, 0.4) is 0 Å². The van der Waals surface area contributed by atoms with Crippen LogP contribution < -0.4 is 0 Å². The molecule has 0 atom stereocenters. The average Bonchev–Trinajstić information content (AvgIpc) is 2.99. The van der Waals surface area contributed by atoms with Crippen molar-refractivity contribution in [2.45, 2.75) is 13.8 Å². The fraction of sp³-hybridized carbons (Fsp3) is 0.286. The Labute approximate surface area is 126 Å². The minimum atomic E-state index is -0.125. The standard InChI is InChI=1S/C14H15N7O/c1-3-20(4-2)14(22)10-6-7-11-17-18-13(21(11)19-10)12-15-8-5-9-16-12/h5-9H,3-4H2,1-2H3. The second-order valence-electron chi connectivity index (χ2n) is 4.56. The molecule has 22 heavy (non-hydrogen) atoms. The average molecular weight is 297 g/mol. The molecule has 0 aromatic carbocycles. The molecule has 0 fully saturated rings. The van der Waals surface area contributed by atoms with Crippen molar-refractivity contribution in [2.24, 2.45) is 0 Å². The number of hydrogen-bond acceptors (Lipinski definition) is 6. The van der Waals surface area contributed by atoms with Gasteiger partial charge in [-0.25, -0.2) is 9.97 Å². The third kappa shape index (κ3) is 2.39. The highest BCUT2D eigenvalue weighted by Crippen LogP contribution is 2.13. The molecular weight excluding hydrogens is 282 g/mol. The maximum Gasteiger partial charge on any atom is 0.274 e. The highest BCUT2D eigenvalue weighted by molar-refractivity contribution is 5.92. The number of fused-ring (bicyclic) bond motifs is 1. The van der Waals surface area contributed by atoms with Gasteiger partial charge in [-0.15, -0.1) is 10.2 Å². The summed E-state index contributed by atoms with van der Waals surface area (Å²) in [6, 6.07) is 5.08. The Bertz CT molecular complexity index is 795. The zero-order valence-corrected chi connectivity index (χ0v) is 12.3. The molecule has 112 valence electrons. The molecule has 0 saturated heterocycles. The molecule has 0 aliphatic heterocycles. The number of carbonyl (C=O) groups is 1. The largest absolute Gasteiger partial charge is 0.338 e. The van der Waals surface area contributed by atoms with Crippen LogP contribution in [0.4, 0.5) is 0 Å². The second-order valence-corrected chi connectivity index (χ2v) is 4.56. The van der Waals surface area contributed by atoms with E-state index in [1.165, 1.54) is 4.52 Å². The zero-order valence-electron chi connectivity index (χ0n) is 12.3. The predicted molar refractivity (Wildman–Crippen MR) is 79.1 cm³/mol. The van der Waals surface area contributed by atoms with Crippen molar-refractivity contribution in [3.05, 3.63) is 36.3 Å². The lowest BCUT2D eigenvalue weighted by Crippen LogP contribution is -2.31. The van der Waals surface area contributed by atoms with Gasteiger partial charge in [0.2, 0.25) is 5.82 Å². The van der Waals surface area contributed by atoms with E-state index in [0.717, 1.165) is 0 Å². The number of carbonyl (C=O) groups excluding carboxylic acids is 1. The normalized spacial score (nSPS) is 10.8. The number of amides is 1. The topological polar surface area (TPSA) is 89.2 Å². The Hall–Kier alpha value is -2.90. The van der Waals surface area contributed by atoms with Crippen molar-refractivity contribution < 1.29 is 4.79 Å². The number of aromatic nitrogens is 6. The van der Waals surface area contributed by atoms with Gasteiger partial charge in [-0.2, -0.15) is 9.61 Å². The van der Waals surface area contributed by atoms with Gasteiger partial charge in [0.25, 0.3) is 5.91 Å². The summed E-state index contributed by atoms with van der Waals surface area (Å²) in [5.74, 6) is 0.695. The van der Waals surface area contributed by atoms with Crippen LogP contribution in [-0.2, 0) is 0 Å². The molecule has 8 nitrogen and oxygen atoms in total. The summed E-state index contributed by atoms with van der Waals surface area (Å²) < 4.78 is 1.49. The molecule has 3 rings (SSSR count). The van der Waals surface area contributed by atoms with E-state index in [2.05, 4.69) is 25.3 Å². The van der Waals surface area contributed by atoms with Crippen LogP contribution in [0, 0.1) is 0 Å². The third-order valence-corrected chi connectivity index (χ3v) is 3.30. The first-order valence-corrected chi connectivity index (χ1v) is 7.03. The molecule has 0 bridgehead atoms. The number of hydrogen-bond donors (Lipinski definition) is 0. The van der Waals surface area contributed by atoms with Crippen molar-refractivity contribution in [3.63, 3.8) is 0 Å². The van der Waals surface area contributed by atoms with Crippen molar-refractivity contribution >= 4 is 11.6 Å². The number of rotatable bonds is 4. The molecule has 3 aromatic rings. The van der Waals surface area contributed by atoms with Gasteiger partial charge >= 0.3 is 0 Å². The second kappa shape index (κ2) is 5.84. The molecule has 0 radical (unpaired) electrons. The van der Waals surface area contributed by atoms with Crippen LogP contribution in [0.2, 0.25) is 0 Å². The van der Waals surface area contributed by atoms with Gasteiger partial charge in [-0.05, 0) is 32.0 Å². The number of nitrogens with zero attached hydrogens (tertiary/aromatic N) is 7. The van der Waals surface area contributed by atoms with Crippen LogP contribution in [0.25, 0.3) is 17.3 Å². The first-order chi connectivity index (χ1) is 10.7. The van der Waals surface area contributed by atoms with E-state index in [-0.39, 0.29) is 5.91 Å². The van der Waals surface area contributed by atoms with Crippen molar-refractivity contribution in [2.75, 3.05) is 13.1 Å². The summed E-state index contributed by atoms with van der Waals surface area (Å²) in [4.78, 5) is 22.4. The molecule has 0 spiro atoms. The Morgan fingerprint density at radius 1 is 1.14 bits per heavy atom. The monoisotopic (exact) mass is 297 g/mol. The highest BCUT2D eigenvalue weighted by Gasteiger charge is 2.17. The van der Waals surface area contributed by atoms with Gasteiger partial charge in [0.1, 0.15) is 5.69 Å². The van der Waals surface area contributed by atoms with Crippen LogP contribution in [0.5, 0.6) is 0 Å². The molecule has 3 heterocycles. The molecule has 3 aromatic heterocycles. The summed E-state index contributed by atoms with van der Waals surface area (Å²) in [6.07, 6.45) is 3.24. The first kappa shape index (κ1) is 14.1. The van der Waals surface area contributed by atoms with E-state index in [1.807, 2.05) is 13.8 Å². The van der Waals surface area contributed by atoms with E-state index in [4.69, 9.17) is 0 Å². The predicted octanol–water partition coefficient (Wildman–Crippen LogP) is 1.06. The Morgan fingerprint density at radius 3 is 2.55 bits per heavy atom. The minimum absolute atomic E-state index is 0.125. The SMILES string of the molecule is CCN(CC)C(=O)c1ccc2nnc(-c3ncccn3)n2n1. The van der Waals surface area contributed by atoms with Crippen molar-refractivity contribution in [3.8, 4) is 11.6 Å². The Balaban J connectivity index is 2.08. The van der Waals surface area contributed by atoms with Gasteiger partial charge in [-0.1, -0.05) is 0 Å². The fourth-order valence-electron chi connectivity index (χ4n) is 2.13. The van der Waals surface area contributed by atoms with Gasteiger partial charge in [-0.3, -0.25) is 4.79 Å². The van der Waals surface area contributed by atoms with Gasteiger partial charge in [0.05, 0.1) is 0 Å². The van der Waals surface area contributed by atoms with Crippen molar-refractivity contribution in [1.29, 1.82) is 0 Å². The Kier molecular flexibility index (Phi) is 3.73. The summed E-state index contributed by atoms with van der Waals surface area (Å²) in [5.41, 5.74) is 0.881. The lowest BCUT2D eigenvalue weighted by molar-refractivity contribution is 0.0765. The molecule has 0 unspecified atom stereocenters. The van der Waals surface area contributed by atoms with E-state index in [0.29, 0.717) is 36.1 Å². The lowest BCUT2D eigenvalue weighted by Gasteiger charge is -2.17. The zero-order chi connectivity index (χ0) is 15.5. The molecule has 0 N–H and O–H groups in total. The molecule has 8 heteroatoms. The molecule has 0 saturated carbocycles. The van der Waals surface area contributed by atoms with Crippen LogP contribution >= 0.6 is 0 Å². The highest BCUT2D eigenvalue weighted by atomic mass is 16.2. The van der Waals surface area contributed by atoms with E-state index in [9.17, 15) is 4.79 Å². The maximum atomic E-state index is 12.4. The van der Waals surface area contributed by atoms with Gasteiger partial charge in [0.15, 0.2) is 11.5 Å². The third-order valence-electron chi connectivity index (χ3n) is 3.30. The summed E-state index contributed by atoms with van der Waals surface area (Å²) in [7, 11) is 0. The Morgan fingerprint density at radius 2 is 1.86 bits per heavy atom. The van der Waals surface area contributed by atoms with Crippen LogP contribution in [-0.4, -0.2) is 53.7 Å². The van der Waals surface area contributed by atoms with Crippen LogP contribution in [0.1, 0.15) is 24.3 Å². The molecule has 1 amide bonds. The van der Waals surface area contributed by atoms with Gasteiger partial charge < -0.3 is 4.90 Å².